The molecule has 2 aliphatic carbocycles. The van der Waals surface area contributed by atoms with Crippen LogP contribution in [0.15, 0.2) is 12.1 Å². The standard InChI is InChI=1S/C17H20N2O3/c1-10(20)12-2-3-13-14(18-12)17(15(22)19-13)8-16(9-17)6-4-11(21)5-7-16/h2-3,10,20H,4-9H2,1H3,(H,19,22). The number of ketones is 1. The fourth-order valence-corrected chi connectivity index (χ4v) is 4.49. The number of aliphatic hydroxyl groups is 1. The lowest BCUT2D eigenvalue weighted by molar-refractivity contribution is -0.135. The summed E-state index contributed by atoms with van der Waals surface area (Å²) in [7, 11) is 0. The van der Waals surface area contributed by atoms with Gasteiger partial charge in [0, 0.05) is 12.8 Å². The lowest BCUT2D eigenvalue weighted by Crippen LogP contribution is -2.55. The van der Waals surface area contributed by atoms with E-state index in [2.05, 4.69) is 10.3 Å². The third kappa shape index (κ3) is 1.78. The first-order chi connectivity index (χ1) is 10.4. The predicted molar refractivity (Wildman–Crippen MR) is 80.3 cm³/mol. The first-order valence-electron chi connectivity index (χ1n) is 7.97. The Bertz CT molecular complexity index is 662. The van der Waals surface area contributed by atoms with Crippen molar-refractivity contribution >= 4 is 17.4 Å². The smallest absolute Gasteiger partial charge is 0.236 e. The van der Waals surface area contributed by atoms with E-state index in [4.69, 9.17) is 0 Å². The highest BCUT2D eigenvalue weighted by Crippen LogP contribution is 2.64. The molecule has 2 N–H and O–H groups in total. The summed E-state index contributed by atoms with van der Waals surface area (Å²) >= 11 is 0. The van der Waals surface area contributed by atoms with Crippen LogP contribution < -0.4 is 5.32 Å². The highest BCUT2D eigenvalue weighted by molar-refractivity contribution is 6.06. The Balaban J connectivity index is 1.66. The van der Waals surface area contributed by atoms with Gasteiger partial charge < -0.3 is 10.4 Å². The number of aromatic nitrogens is 1. The molecule has 0 saturated heterocycles. The minimum atomic E-state index is -0.639. The van der Waals surface area contributed by atoms with Crippen LogP contribution in [0.25, 0.3) is 0 Å². The van der Waals surface area contributed by atoms with E-state index in [0.29, 0.717) is 24.3 Å². The van der Waals surface area contributed by atoms with Gasteiger partial charge in [0.1, 0.15) is 5.78 Å². The van der Waals surface area contributed by atoms with Crippen LogP contribution in [-0.4, -0.2) is 21.8 Å². The Labute approximate surface area is 129 Å². The lowest BCUT2D eigenvalue weighted by atomic mass is 9.47. The zero-order chi connectivity index (χ0) is 15.5. The van der Waals surface area contributed by atoms with Gasteiger partial charge in [-0.2, -0.15) is 0 Å². The van der Waals surface area contributed by atoms with Crippen LogP contribution in [-0.2, 0) is 15.0 Å². The third-order valence-corrected chi connectivity index (χ3v) is 5.70. The molecule has 1 unspecified atom stereocenters. The second kappa shape index (κ2) is 4.38. The Morgan fingerprint density at radius 1 is 1.23 bits per heavy atom. The van der Waals surface area contributed by atoms with Gasteiger partial charge in [0.25, 0.3) is 0 Å². The van der Waals surface area contributed by atoms with E-state index in [9.17, 15) is 14.7 Å². The Morgan fingerprint density at radius 2 is 1.91 bits per heavy atom. The van der Waals surface area contributed by atoms with Gasteiger partial charge in [0.05, 0.1) is 28.6 Å². The molecule has 22 heavy (non-hydrogen) atoms. The number of carbonyl (C=O) groups is 2. The molecule has 1 aromatic heterocycles. The first kappa shape index (κ1) is 13.9. The fraction of sp³-hybridized carbons (Fsp3) is 0.588. The van der Waals surface area contributed by atoms with Crippen molar-refractivity contribution in [3.8, 4) is 0 Å². The molecular formula is C17H20N2O3. The van der Waals surface area contributed by atoms with Crippen LogP contribution in [0.4, 0.5) is 5.69 Å². The number of Topliss-reactive ketones (excluding diaryl/α,β-unsaturated/α-hetero) is 1. The highest BCUT2D eigenvalue weighted by atomic mass is 16.3. The molecule has 0 bridgehead atoms. The third-order valence-electron chi connectivity index (χ3n) is 5.70. The molecule has 0 aromatic carbocycles. The van der Waals surface area contributed by atoms with Crippen LogP contribution in [0.5, 0.6) is 0 Å². The normalized spacial score (nSPS) is 25.7. The zero-order valence-electron chi connectivity index (χ0n) is 12.7. The van der Waals surface area contributed by atoms with E-state index in [1.54, 1.807) is 13.0 Å². The van der Waals surface area contributed by atoms with Crippen molar-refractivity contribution in [1.82, 2.24) is 4.98 Å². The second-order valence-corrected chi connectivity index (χ2v) is 7.24. The van der Waals surface area contributed by atoms with Crippen molar-refractivity contribution in [3.05, 3.63) is 23.5 Å². The van der Waals surface area contributed by atoms with Crippen LogP contribution in [0, 0.1) is 5.41 Å². The summed E-state index contributed by atoms with van der Waals surface area (Å²) in [6.07, 6.45) is 4.00. The molecule has 1 aliphatic heterocycles. The molecule has 0 radical (unpaired) electrons. The number of carbonyl (C=O) groups excluding carboxylic acids is 2. The van der Waals surface area contributed by atoms with E-state index in [1.165, 1.54) is 0 Å². The van der Waals surface area contributed by atoms with Gasteiger partial charge in [-0.3, -0.25) is 14.6 Å². The summed E-state index contributed by atoms with van der Waals surface area (Å²) < 4.78 is 0. The number of hydrogen-bond donors (Lipinski definition) is 2. The number of anilines is 1. The summed E-state index contributed by atoms with van der Waals surface area (Å²) in [6.45, 7) is 1.68. The van der Waals surface area contributed by atoms with Crippen molar-refractivity contribution in [2.24, 2.45) is 5.41 Å². The van der Waals surface area contributed by atoms with Gasteiger partial charge in [-0.25, -0.2) is 0 Å². The van der Waals surface area contributed by atoms with E-state index in [0.717, 1.165) is 37.1 Å². The summed E-state index contributed by atoms with van der Waals surface area (Å²) in [4.78, 5) is 28.6. The maximum atomic E-state index is 12.5. The van der Waals surface area contributed by atoms with Crippen LogP contribution >= 0.6 is 0 Å². The number of fused-ring (bicyclic) bond motifs is 2. The van der Waals surface area contributed by atoms with Crippen molar-refractivity contribution in [3.63, 3.8) is 0 Å². The average Bonchev–Trinajstić information content (AvgIpc) is 2.73. The topological polar surface area (TPSA) is 79.3 Å². The SMILES string of the molecule is CC(O)c1ccc2c(n1)C1(CC3(CCC(=O)CC3)C1)C(=O)N2. The van der Waals surface area contributed by atoms with Gasteiger partial charge >= 0.3 is 0 Å². The molecule has 5 nitrogen and oxygen atoms in total. The van der Waals surface area contributed by atoms with Gasteiger partial charge in [0.15, 0.2) is 0 Å². The van der Waals surface area contributed by atoms with Crippen molar-refractivity contribution < 1.29 is 14.7 Å². The summed E-state index contributed by atoms with van der Waals surface area (Å²) in [6, 6.07) is 3.60. The quantitative estimate of drug-likeness (QED) is 0.833. The molecule has 5 heteroatoms. The van der Waals surface area contributed by atoms with E-state index < -0.39 is 11.5 Å². The van der Waals surface area contributed by atoms with Gasteiger partial charge in [-0.05, 0) is 50.2 Å². The maximum absolute atomic E-state index is 12.5. The number of pyridine rings is 1. The molecule has 2 heterocycles. The van der Waals surface area contributed by atoms with Gasteiger partial charge in [0.2, 0.25) is 5.91 Å². The van der Waals surface area contributed by atoms with Crippen LogP contribution in [0.1, 0.15) is 62.9 Å². The molecule has 4 rings (SSSR count). The zero-order valence-corrected chi connectivity index (χ0v) is 12.7. The number of aliphatic hydroxyl groups excluding tert-OH is 1. The Hall–Kier alpha value is -1.75. The molecule has 3 aliphatic rings. The lowest BCUT2D eigenvalue weighted by Gasteiger charge is -2.54. The number of nitrogens with zero attached hydrogens (tertiary/aromatic N) is 1. The predicted octanol–water partition coefficient (Wildman–Crippen LogP) is 2.25. The fourth-order valence-electron chi connectivity index (χ4n) is 4.49. The highest BCUT2D eigenvalue weighted by Gasteiger charge is 2.63. The maximum Gasteiger partial charge on any atom is 0.236 e. The molecule has 1 aromatic rings. The van der Waals surface area contributed by atoms with Crippen LogP contribution in [0.2, 0.25) is 0 Å². The summed E-state index contributed by atoms with van der Waals surface area (Å²) in [5.74, 6) is 0.373. The number of hydrogen-bond acceptors (Lipinski definition) is 4. The first-order valence-corrected chi connectivity index (χ1v) is 7.97. The average molecular weight is 300 g/mol. The molecule has 2 fully saturated rings. The van der Waals surface area contributed by atoms with Crippen molar-refractivity contribution in [2.45, 2.75) is 57.0 Å². The van der Waals surface area contributed by atoms with E-state index in [-0.39, 0.29) is 11.3 Å². The Morgan fingerprint density at radius 3 is 2.55 bits per heavy atom. The number of nitrogens with one attached hydrogen (secondary N) is 1. The molecule has 116 valence electrons. The second-order valence-electron chi connectivity index (χ2n) is 7.24. The molecule has 2 spiro atoms. The minimum absolute atomic E-state index is 0.0280. The molecule has 1 atom stereocenters. The summed E-state index contributed by atoms with van der Waals surface area (Å²) in [5.41, 5.74) is 1.76. The minimum Gasteiger partial charge on any atom is -0.387 e. The van der Waals surface area contributed by atoms with E-state index in [1.807, 2.05) is 6.07 Å². The summed E-state index contributed by atoms with van der Waals surface area (Å²) in [5, 5.41) is 12.7. The molecule has 2 saturated carbocycles. The van der Waals surface area contributed by atoms with Crippen molar-refractivity contribution in [1.29, 1.82) is 0 Å². The number of amides is 1. The van der Waals surface area contributed by atoms with Gasteiger partial charge in [-0.15, -0.1) is 0 Å². The van der Waals surface area contributed by atoms with Crippen molar-refractivity contribution in [2.75, 3.05) is 5.32 Å². The monoisotopic (exact) mass is 300 g/mol. The number of rotatable bonds is 1. The van der Waals surface area contributed by atoms with E-state index >= 15 is 0 Å². The Kier molecular flexibility index (Phi) is 2.77. The molecule has 1 amide bonds. The largest absolute Gasteiger partial charge is 0.387 e. The van der Waals surface area contributed by atoms with Crippen LogP contribution in [0.3, 0.4) is 0 Å². The van der Waals surface area contributed by atoms with Gasteiger partial charge in [-0.1, -0.05) is 0 Å². The molecular weight excluding hydrogens is 280 g/mol.